The van der Waals surface area contributed by atoms with Crippen LogP contribution in [0.3, 0.4) is 0 Å². The standard InChI is InChI=1S/C23H31BrFN3O2/c24-15-5-4-14(16(25)12-15)13-23(20(28)30)18-7-6-17(21(18)9-10-21)22(23,19(27)29)8-2-1-3-11-26/h4-5,12,17-18H,1-3,6-11,13,26H2,(H2,27,29)(H2,28,30)/t17-,18+,22+,23+/m1/s1. The molecular weight excluding hydrogens is 449 g/mol. The van der Waals surface area contributed by atoms with E-state index in [1.807, 2.05) is 0 Å². The zero-order valence-electron chi connectivity index (χ0n) is 17.3. The van der Waals surface area contributed by atoms with Crippen molar-refractivity contribution in [3.05, 3.63) is 34.1 Å². The summed E-state index contributed by atoms with van der Waals surface area (Å²) in [4.78, 5) is 26.5. The molecule has 0 aliphatic heterocycles. The summed E-state index contributed by atoms with van der Waals surface area (Å²) in [6.07, 6.45) is 6.88. The minimum absolute atomic E-state index is 0.0162. The van der Waals surface area contributed by atoms with E-state index in [4.69, 9.17) is 17.2 Å². The molecule has 4 atom stereocenters. The maximum Gasteiger partial charge on any atom is 0.225 e. The Kier molecular flexibility index (Phi) is 5.50. The van der Waals surface area contributed by atoms with Gasteiger partial charge in [0.25, 0.3) is 0 Å². The van der Waals surface area contributed by atoms with Crippen molar-refractivity contribution in [2.24, 2.45) is 45.3 Å². The summed E-state index contributed by atoms with van der Waals surface area (Å²) in [5, 5.41) is 0. The molecule has 1 spiro atoms. The number of amides is 2. The Morgan fingerprint density at radius 3 is 2.20 bits per heavy atom. The van der Waals surface area contributed by atoms with Crippen LogP contribution < -0.4 is 17.2 Å². The molecule has 0 heterocycles. The van der Waals surface area contributed by atoms with Crippen molar-refractivity contribution in [3.8, 4) is 0 Å². The van der Waals surface area contributed by atoms with E-state index in [1.165, 1.54) is 6.07 Å². The highest BCUT2D eigenvalue weighted by molar-refractivity contribution is 9.10. The molecule has 2 bridgehead atoms. The van der Waals surface area contributed by atoms with E-state index in [9.17, 15) is 14.0 Å². The summed E-state index contributed by atoms with van der Waals surface area (Å²) in [5.41, 5.74) is 16.2. The van der Waals surface area contributed by atoms with Crippen molar-refractivity contribution >= 4 is 27.7 Å². The number of halogens is 2. The Bertz CT molecular complexity index is 874. The first-order chi connectivity index (χ1) is 14.3. The average molecular weight is 480 g/mol. The molecule has 0 aromatic heterocycles. The van der Waals surface area contributed by atoms with E-state index in [0.717, 1.165) is 44.9 Å². The molecule has 1 aromatic rings. The van der Waals surface area contributed by atoms with Crippen molar-refractivity contribution in [1.29, 1.82) is 0 Å². The third-order valence-electron chi connectivity index (χ3n) is 8.58. The highest BCUT2D eigenvalue weighted by atomic mass is 79.9. The van der Waals surface area contributed by atoms with Crippen molar-refractivity contribution in [1.82, 2.24) is 0 Å². The maximum atomic E-state index is 14.9. The summed E-state index contributed by atoms with van der Waals surface area (Å²) >= 11 is 3.29. The molecule has 1 aromatic carbocycles. The van der Waals surface area contributed by atoms with Crippen LogP contribution >= 0.6 is 15.9 Å². The zero-order chi connectivity index (χ0) is 21.7. The number of primary amides is 2. The molecule has 4 rings (SSSR count). The van der Waals surface area contributed by atoms with Crippen LogP contribution in [-0.2, 0) is 16.0 Å². The number of hydrogen-bond acceptors (Lipinski definition) is 3. The normalized spacial score (nSPS) is 33.2. The van der Waals surface area contributed by atoms with Gasteiger partial charge < -0.3 is 17.2 Å². The molecule has 0 radical (unpaired) electrons. The third-order valence-corrected chi connectivity index (χ3v) is 9.08. The topological polar surface area (TPSA) is 112 Å². The van der Waals surface area contributed by atoms with Gasteiger partial charge in [0, 0.05) is 4.47 Å². The van der Waals surface area contributed by atoms with Crippen molar-refractivity contribution in [3.63, 3.8) is 0 Å². The van der Waals surface area contributed by atoms with E-state index in [-0.39, 0.29) is 29.5 Å². The second-order valence-electron chi connectivity index (χ2n) is 9.60. The Morgan fingerprint density at radius 1 is 1.03 bits per heavy atom. The SMILES string of the molecule is NCCCCC[C@@]1(C(N)=O)[C@@H]2CC[C@@H](C23CC3)[C@@]1(Cc1ccc(Br)cc1F)C(N)=O. The number of carbonyl (C=O) groups is 2. The van der Waals surface area contributed by atoms with Crippen molar-refractivity contribution in [2.45, 2.75) is 57.8 Å². The van der Waals surface area contributed by atoms with Crippen LogP contribution in [0.2, 0.25) is 0 Å². The lowest BCUT2D eigenvalue weighted by molar-refractivity contribution is -0.156. The molecule has 6 N–H and O–H groups in total. The molecule has 7 heteroatoms. The predicted octanol–water partition coefficient (Wildman–Crippen LogP) is 3.41. The predicted molar refractivity (Wildman–Crippen MR) is 116 cm³/mol. The van der Waals surface area contributed by atoms with Gasteiger partial charge in [0.05, 0.1) is 10.8 Å². The van der Waals surface area contributed by atoms with Crippen LogP contribution in [0.25, 0.3) is 0 Å². The van der Waals surface area contributed by atoms with Gasteiger partial charge >= 0.3 is 0 Å². The van der Waals surface area contributed by atoms with Gasteiger partial charge in [-0.15, -0.1) is 0 Å². The molecule has 0 saturated heterocycles. The fourth-order valence-corrected chi connectivity index (χ4v) is 7.78. The smallest absolute Gasteiger partial charge is 0.225 e. The Labute approximate surface area is 185 Å². The number of nitrogens with two attached hydrogens (primary N) is 3. The Hall–Kier alpha value is -1.47. The van der Waals surface area contributed by atoms with Gasteiger partial charge in [0.15, 0.2) is 0 Å². The molecule has 3 fully saturated rings. The molecule has 30 heavy (non-hydrogen) atoms. The molecule has 3 aliphatic rings. The first kappa shape index (κ1) is 21.8. The van der Waals surface area contributed by atoms with Gasteiger partial charge in [-0.1, -0.05) is 34.8 Å². The summed E-state index contributed by atoms with van der Waals surface area (Å²) in [7, 11) is 0. The van der Waals surface area contributed by atoms with Crippen molar-refractivity contribution in [2.75, 3.05) is 6.54 Å². The molecular formula is C23H31BrFN3O2. The first-order valence-corrected chi connectivity index (χ1v) is 11.8. The molecule has 2 amide bonds. The number of unbranched alkanes of at least 4 members (excludes halogenated alkanes) is 2. The van der Waals surface area contributed by atoms with Crippen LogP contribution in [0, 0.1) is 33.9 Å². The minimum atomic E-state index is -1.14. The fourth-order valence-electron chi connectivity index (χ4n) is 7.45. The number of benzene rings is 1. The number of rotatable bonds is 9. The van der Waals surface area contributed by atoms with Crippen LogP contribution in [-0.4, -0.2) is 18.4 Å². The quantitative estimate of drug-likeness (QED) is 0.471. The second-order valence-corrected chi connectivity index (χ2v) is 10.5. The monoisotopic (exact) mass is 479 g/mol. The third kappa shape index (κ3) is 2.80. The maximum absolute atomic E-state index is 14.9. The number of carbonyl (C=O) groups excluding carboxylic acids is 2. The van der Waals surface area contributed by atoms with Crippen LogP contribution in [0.1, 0.15) is 56.9 Å². The molecule has 5 nitrogen and oxygen atoms in total. The van der Waals surface area contributed by atoms with E-state index < -0.39 is 22.6 Å². The zero-order valence-corrected chi connectivity index (χ0v) is 18.8. The van der Waals surface area contributed by atoms with E-state index in [0.29, 0.717) is 23.0 Å². The molecule has 3 aliphatic carbocycles. The van der Waals surface area contributed by atoms with E-state index in [2.05, 4.69) is 15.9 Å². The second kappa shape index (κ2) is 7.59. The van der Waals surface area contributed by atoms with Crippen molar-refractivity contribution < 1.29 is 14.0 Å². The van der Waals surface area contributed by atoms with Gasteiger partial charge in [-0.25, -0.2) is 4.39 Å². The van der Waals surface area contributed by atoms with Gasteiger partial charge in [-0.05, 0) is 86.4 Å². The largest absolute Gasteiger partial charge is 0.369 e. The summed E-state index contributed by atoms with van der Waals surface area (Å²) < 4.78 is 15.5. The van der Waals surface area contributed by atoms with Crippen LogP contribution in [0.4, 0.5) is 4.39 Å². The summed E-state index contributed by atoms with van der Waals surface area (Å²) in [6.45, 7) is 0.588. The lowest BCUT2D eigenvalue weighted by atomic mass is 9.51. The van der Waals surface area contributed by atoms with Crippen LogP contribution in [0.5, 0.6) is 0 Å². The van der Waals surface area contributed by atoms with Gasteiger partial charge in [-0.2, -0.15) is 0 Å². The minimum Gasteiger partial charge on any atom is -0.369 e. The van der Waals surface area contributed by atoms with Gasteiger partial charge in [0.1, 0.15) is 5.82 Å². The fraction of sp³-hybridized carbons (Fsp3) is 0.652. The lowest BCUT2D eigenvalue weighted by Crippen LogP contribution is -2.61. The van der Waals surface area contributed by atoms with Crippen LogP contribution in [0.15, 0.2) is 22.7 Å². The Balaban J connectivity index is 1.84. The number of hydrogen-bond donors (Lipinski definition) is 3. The van der Waals surface area contributed by atoms with E-state index in [1.54, 1.807) is 12.1 Å². The highest BCUT2D eigenvalue weighted by Gasteiger charge is 2.83. The highest BCUT2D eigenvalue weighted by Crippen LogP contribution is 2.83. The first-order valence-electron chi connectivity index (χ1n) is 11.0. The molecule has 0 unspecified atom stereocenters. The lowest BCUT2D eigenvalue weighted by Gasteiger charge is -2.50. The van der Waals surface area contributed by atoms with E-state index >= 15 is 0 Å². The summed E-state index contributed by atoms with van der Waals surface area (Å²) in [5.74, 6) is -1.29. The van der Waals surface area contributed by atoms with Gasteiger partial charge in [-0.3, -0.25) is 9.59 Å². The molecule has 3 saturated carbocycles. The average Bonchev–Trinajstić information content (AvgIpc) is 3.35. The summed E-state index contributed by atoms with van der Waals surface area (Å²) in [6, 6.07) is 4.85. The Morgan fingerprint density at radius 2 is 1.67 bits per heavy atom. The van der Waals surface area contributed by atoms with Gasteiger partial charge in [0.2, 0.25) is 11.8 Å². The molecule has 164 valence electrons.